The molecule has 1 aromatic carbocycles. The molecule has 0 spiro atoms. The minimum atomic E-state index is -0.654. The van der Waals surface area contributed by atoms with Gasteiger partial charge in [-0.2, -0.15) is 0 Å². The fraction of sp³-hybridized carbons (Fsp3) is 0.611. The molecular weight excluding hydrogens is 330 g/mol. The smallest absolute Gasteiger partial charge is 0.307 e. The minimum Gasteiger partial charge on any atom is -0.490 e. The molecule has 1 aromatic rings. The van der Waals surface area contributed by atoms with Crippen LogP contribution in [0.2, 0.25) is 5.02 Å². The Morgan fingerprint density at radius 1 is 1.25 bits per heavy atom. The Morgan fingerprint density at radius 2 is 1.92 bits per heavy atom. The molecule has 6 heteroatoms. The Balaban J connectivity index is 1.68. The van der Waals surface area contributed by atoms with E-state index in [-0.39, 0.29) is 5.92 Å². The third-order valence-electron chi connectivity index (χ3n) is 4.82. The van der Waals surface area contributed by atoms with E-state index < -0.39 is 5.97 Å². The van der Waals surface area contributed by atoms with E-state index in [1.54, 1.807) is 0 Å². The molecule has 0 aromatic heterocycles. The highest BCUT2D eigenvalue weighted by molar-refractivity contribution is 6.31. The molecular formula is C18H24ClNO4. The lowest BCUT2D eigenvalue weighted by Gasteiger charge is -2.21. The van der Waals surface area contributed by atoms with Crippen LogP contribution < -0.4 is 9.47 Å². The summed E-state index contributed by atoms with van der Waals surface area (Å²) in [5.74, 6) is 1.22. The molecule has 3 atom stereocenters. The third kappa shape index (κ3) is 3.47. The van der Waals surface area contributed by atoms with Gasteiger partial charge in [0.25, 0.3) is 0 Å². The Labute approximate surface area is 147 Å². The normalized spacial score (nSPS) is 25.4. The number of carboxylic acid groups (broad SMARTS) is 1. The van der Waals surface area contributed by atoms with Gasteiger partial charge in [0.05, 0.1) is 19.1 Å². The fourth-order valence-corrected chi connectivity index (χ4v) is 3.85. The summed E-state index contributed by atoms with van der Waals surface area (Å²) < 4.78 is 11.4. The maximum atomic E-state index is 11.1. The van der Waals surface area contributed by atoms with E-state index in [2.05, 4.69) is 11.8 Å². The van der Waals surface area contributed by atoms with E-state index in [1.165, 1.54) is 0 Å². The summed E-state index contributed by atoms with van der Waals surface area (Å²) in [6, 6.07) is 3.78. The van der Waals surface area contributed by atoms with Crippen molar-refractivity contribution >= 4 is 17.6 Å². The van der Waals surface area contributed by atoms with Gasteiger partial charge in [-0.15, -0.1) is 0 Å². The van der Waals surface area contributed by atoms with Crippen LogP contribution in [0, 0.1) is 17.8 Å². The molecule has 1 saturated carbocycles. The standard InChI is InChI=1S/C18H24ClNO4/c1-3-5-24-16-7-14(19)11(6-15(16)23-4-2)8-20-9-12-13(10-20)17(12)18(21)22/h6-7,12-13,17H,3-5,8-10H2,1-2H3,(H,21,22)/t12-,13+,17?. The van der Waals surface area contributed by atoms with Gasteiger partial charge in [0.2, 0.25) is 0 Å². The van der Waals surface area contributed by atoms with Crippen molar-refractivity contribution in [3.63, 3.8) is 0 Å². The maximum absolute atomic E-state index is 11.1. The number of hydrogen-bond donors (Lipinski definition) is 1. The second kappa shape index (κ2) is 7.19. The lowest BCUT2D eigenvalue weighted by molar-refractivity contribution is -0.139. The first-order chi connectivity index (χ1) is 11.5. The molecule has 24 heavy (non-hydrogen) atoms. The number of likely N-dealkylation sites (tertiary alicyclic amines) is 1. The number of halogens is 1. The molecule has 3 rings (SSSR count). The van der Waals surface area contributed by atoms with Gasteiger partial charge >= 0.3 is 5.97 Å². The van der Waals surface area contributed by atoms with Crippen molar-refractivity contribution in [1.82, 2.24) is 4.90 Å². The molecule has 0 amide bonds. The summed E-state index contributed by atoms with van der Waals surface area (Å²) >= 11 is 6.43. The predicted octanol–water partition coefficient (Wildman–Crippen LogP) is 3.29. The third-order valence-corrected chi connectivity index (χ3v) is 5.17. The first-order valence-corrected chi connectivity index (χ1v) is 8.96. The summed E-state index contributed by atoms with van der Waals surface area (Å²) in [6.07, 6.45) is 0.923. The molecule has 2 fully saturated rings. The summed E-state index contributed by atoms with van der Waals surface area (Å²) in [7, 11) is 0. The van der Waals surface area contributed by atoms with Gasteiger partial charge in [-0.25, -0.2) is 0 Å². The second-order valence-corrected chi connectivity index (χ2v) is 6.96. The molecule has 1 unspecified atom stereocenters. The van der Waals surface area contributed by atoms with Crippen LogP contribution >= 0.6 is 11.6 Å². The van der Waals surface area contributed by atoms with Crippen LogP contribution in [0.15, 0.2) is 12.1 Å². The number of rotatable bonds is 8. The monoisotopic (exact) mass is 353 g/mol. The van der Waals surface area contributed by atoms with Gasteiger partial charge in [-0.1, -0.05) is 18.5 Å². The highest BCUT2D eigenvalue weighted by atomic mass is 35.5. The molecule has 1 aliphatic heterocycles. The Kier molecular flexibility index (Phi) is 5.21. The Hall–Kier alpha value is -1.46. The molecule has 132 valence electrons. The summed E-state index contributed by atoms with van der Waals surface area (Å²) in [6.45, 7) is 7.56. The molecule has 5 nitrogen and oxygen atoms in total. The van der Waals surface area contributed by atoms with Gasteiger partial charge in [-0.05, 0) is 36.8 Å². The lowest BCUT2D eigenvalue weighted by Crippen LogP contribution is -2.26. The van der Waals surface area contributed by atoms with Gasteiger partial charge < -0.3 is 14.6 Å². The van der Waals surface area contributed by atoms with Crippen molar-refractivity contribution in [3.8, 4) is 11.5 Å². The van der Waals surface area contributed by atoms with E-state index in [4.69, 9.17) is 26.2 Å². The van der Waals surface area contributed by atoms with Crippen molar-refractivity contribution in [3.05, 3.63) is 22.7 Å². The minimum absolute atomic E-state index is 0.138. The Morgan fingerprint density at radius 3 is 2.50 bits per heavy atom. The topological polar surface area (TPSA) is 59.0 Å². The van der Waals surface area contributed by atoms with E-state index in [0.29, 0.717) is 42.4 Å². The average Bonchev–Trinajstić information content (AvgIpc) is 3.06. The summed E-state index contributed by atoms with van der Waals surface area (Å²) in [5.41, 5.74) is 0.997. The fourth-order valence-electron chi connectivity index (χ4n) is 3.64. The number of carbonyl (C=O) groups is 1. The van der Waals surface area contributed by atoms with Crippen molar-refractivity contribution in [2.24, 2.45) is 17.8 Å². The maximum Gasteiger partial charge on any atom is 0.307 e. The highest BCUT2D eigenvalue weighted by Gasteiger charge is 2.59. The van der Waals surface area contributed by atoms with Crippen LogP contribution in [-0.2, 0) is 11.3 Å². The van der Waals surface area contributed by atoms with Gasteiger partial charge in [0.15, 0.2) is 11.5 Å². The zero-order chi connectivity index (χ0) is 17.3. The number of ether oxygens (including phenoxy) is 2. The zero-order valence-electron chi connectivity index (χ0n) is 14.1. The van der Waals surface area contributed by atoms with Crippen molar-refractivity contribution < 1.29 is 19.4 Å². The quantitative estimate of drug-likeness (QED) is 0.777. The highest BCUT2D eigenvalue weighted by Crippen LogP contribution is 2.52. The number of hydrogen-bond acceptors (Lipinski definition) is 4. The number of fused-ring (bicyclic) bond motifs is 1. The van der Waals surface area contributed by atoms with E-state index in [0.717, 1.165) is 30.8 Å². The lowest BCUT2D eigenvalue weighted by atomic mass is 10.1. The average molecular weight is 354 g/mol. The number of benzene rings is 1. The van der Waals surface area contributed by atoms with E-state index in [1.807, 2.05) is 19.1 Å². The molecule has 0 bridgehead atoms. The molecule has 1 aliphatic carbocycles. The Bertz CT molecular complexity index is 609. The van der Waals surface area contributed by atoms with Crippen molar-refractivity contribution in [2.45, 2.75) is 26.8 Å². The summed E-state index contributed by atoms with van der Waals surface area (Å²) in [5, 5.41) is 9.77. The van der Waals surface area contributed by atoms with Crippen LogP contribution in [-0.4, -0.2) is 42.3 Å². The number of carboxylic acids is 1. The zero-order valence-corrected chi connectivity index (χ0v) is 14.9. The molecule has 1 heterocycles. The largest absolute Gasteiger partial charge is 0.490 e. The van der Waals surface area contributed by atoms with Crippen LogP contribution in [0.1, 0.15) is 25.8 Å². The van der Waals surface area contributed by atoms with E-state index >= 15 is 0 Å². The predicted molar refractivity (Wildman–Crippen MR) is 91.8 cm³/mol. The van der Waals surface area contributed by atoms with E-state index in [9.17, 15) is 4.79 Å². The van der Waals surface area contributed by atoms with Crippen LogP contribution in [0.3, 0.4) is 0 Å². The van der Waals surface area contributed by atoms with Gasteiger partial charge in [0.1, 0.15) is 0 Å². The second-order valence-electron chi connectivity index (χ2n) is 6.56. The first-order valence-electron chi connectivity index (χ1n) is 8.58. The van der Waals surface area contributed by atoms with Crippen LogP contribution in [0.25, 0.3) is 0 Å². The van der Waals surface area contributed by atoms with Crippen LogP contribution in [0.5, 0.6) is 11.5 Å². The number of nitrogens with zero attached hydrogens (tertiary/aromatic N) is 1. The van der Waals surface area contributed by atoms with Gasteiger partial charge in [-0.3, -0.25) is 9.69 Å². The van der Waals surface area contributed by atoms with Crippen molar-refractivity contribution in [1.29, 1.82) is 0 Å². The van der Waals surface area contributed by atoms with Gasteiger partial charge in [0, 0.05) is 30.7 Å². The molecule has 0 radical (unpaired) electrons. The summed E-state index contributed by atoms with van der Waals surface area (Å²) in [4.78, 5) is 13.3. The first kappa shape index (κ1) is 17.4. The molecule has 2 aliphatic rings. The SMILES string of the molecule is CCCOc1cc(Cl)c(CN2C[C@@H]3C(C(=O)O)[C@@H]3C2)cc1OCC. The van der Waals surface area contributed by atoms with Crippen molar-refractivity contribution in [2.75, 3.05) is 26.3 Å². The van der Waals surface area contributed by atoms with Crippen LogP contribution in [0.4, 0.5) is 0 Å². The number of aliphatic carboxylic acids is 1. The molecule has 1 N–H and O–H groups in total. The number of piperidine rings is 1. The molecule has 1 saturated heterocycles.